The summed E-state index contributed by atoms with van der Waals surface area (Å²) in [7, 11) is 1.61. The number of hydrogen-bond acceptors (Lipinski definition) is 3. The van der Waals surface area contributed by atoms with E-state index in [1.807, 2.05) is 18.2 Å². The van der Waals surface area contributed by atoms with E-state index in [2.05, 4.69) is 6.07 Å². The van der Waals surface area contributed by atoms with Gasteiger partial charge >= 0.3 is 0 Å². The van der Waals surface area contributed by atoms with E-state index >= 15 is 0 Å². The number of methoxy groups -OCH3 is 1. The molecular formula is C11H12N2O. The maximum absolute atomic E-state index is 9.02. The van der Waals surface area contributed by atoms with Crippen molar-refractivity contribution in [2.45, 2.75) is 18.4 Å². The third-order valence-corrected chi connectivity index (χ3v) is 2.79. The van der Waals surface area contributed by atoms with Gasteiger partial charge < -0.3 is 10.5 Å². The first-order valence-electron chi connectivity index (χ1n) is 4.57. The number of nitrogens with zero attached hydrogens (tertiary/aromatic N) is 1. The maximum Gasteiger partial charge on any atom is 0.130 e. The predicted octanol–water partition coefficient (Wildman–Crippen LogP) is 1.32. The van der Waals surface area contributed by atoms with Crippen molar-refractivity contribution in [1.82, 2.24) is 0 Å². The predicted molar refractivity (Wildman–Crippen MR) is 52.8 cm³/mol. The zero-order valence-corrected chi connectivity index (χ0v) is 8.08. The van der Waals surface area contributed by atoms with E-state index in [0.717, 1.165) is 23.3 Å². The van der Waals surface area contributed by atoms with Crippen LogP contribution in [0.1, 0.15) is 17.5 Å². The van der Waals surface area contributed by atoms with Crippen molar-refractivity contribution in [1.29, 1.82) is 5.26 Å². The minimum Gasteiger partial charge on any atom is -0.497 e. The van der Waals surface area contributed by atoms with Crippen molar-refractivity contribution in [3.63, 3.8) is 0 Å². The number of aryl methyl sites for hydroxylation is 1. The van der Waals surface area contributed by atoms with Crippen LogP contribution in [0.5, 0.6) is 5.75 Å². The molecule has 3 heteroatoms. The molecule has 0 heterocycles. The van der Waals surface area contributed by atoms with Crippen LogP contribution in [0.3, 0.4) is 0 Å². The van der Waals surface area contributed by atoms with Gasteiger partial charge in [0.1, 0.15) is 11.3 Å². The van der Waals surface area contributed by atoms with E-state index in [4.69, 9.17) is 15.7 Å². The summed E-state index contributed by atoms with van der Waals surface area (Å²) in [6.07, 6.45) is 1.58. The highest BCUT2D eigenvalue weighted by molar-refractivity contribution is 5.46. The van der Waals surface area contributed by atoms with Gasteiger partial charge in [-0.05, 0) is 36.1 Å². The zero-order chi connectivity index (χ0) is 10.2. The molecule has 1 aliphatic carbocycles. The van der Waals surface area contributed by atoms with Crippen molar-refractivity contribution in [2.24, 2.45) is 5.73 Å². The van der Waals surface area contributed by atoms with Crippen LogP contribution in [-0.2, 0) is 12.0 Å². The molecule has 0 fully saturated rings. The van der Waals surface area contributed by atoms with Gasteiger partial charge in [0, 0.05) is 0 Å². The minimum atomic E-state index is -0.816. The monoisotopic (exact) mass is 188 g/mol. The van der Waals surface area contributed by atoms with Crippen LogP contribution in [0, 0.1) is 11.3 Å². The molecule has 0 spiro atoms. The van der Waals surface area contributed by atoms with E-state index < -0.39 is 5.54 Å². The molecule has 2 rings (SSSR count). The number of hydrogen-bond donors (Lipinski definition) is 1. The van der Waals surface area contributed by atoms with E-state index in [1.54, 1.807) is 7.11 Å². The quantitative estimate of drug-likeness (QED) is 0.723. The lowest BCUT2D eigenvalue weighted by Crippen LogP contribution is -2.31. The Morgan fingerprint density at radius 3 is 3.00 bits per heavy atom. The Morgan fingerprint density at radius 2 is 2.36 bits per heavy atom. The second kappa shape index (κ2) is 3.00. The van der Waals surface area contributed by atoms with Gasteiger partial charge in [0.05, 0.1) is 13.2 Å². The lowest BCUT2D eigenvalue weighted by atomic mass is 9.95. The van der Waals surface area contributed by atoms with Gasteiger partial charge in [-0.15, -0.1) is 0 Å². The molecule has 1 atom stereocenters. The van der Waals surface area contributed by atoms with Crippen molar-refractivity contribution in [3.8, 4) is 11.8 Å². The molecule has 0 saturated heterocycles. The van der Waals surface area contributed by atoms with Crippen LogP contribution in [0.15, 0.2) is 18.2 Å². The van der Waals surface area contributed by atoms with Gasteiger partial charge in [-0.1, -0.05) is 6.07 Å². The topological polar surface area (TPSA) is 59.0 Å². The summed E-state index contributed by atoms with van der Waals surface area (Å²) in [5.41, 5.74) is 7.24. The fourth-order valence-corrected chi connectivity index (χ4v) is 1.90. The second-order valence-electron chi connectivity index (χ2n) is 3.61. The van der Waals surface area contributed by atoms with Crippen molar-refractivity contribution < 1.29 is 4.74 Å². The third-order valence-electron chi connectivity index (χ3n) is 2.79. The lowest BCUT2D eigenvalue weighted by molar-refractivity contribution is 0.413. The average Bonchev–Trinajstić information content (AvgIpc) is 2.57. The lowest BCUT2D eigenvalue weighted by Gasteiger charge is -2.15. The third kappa shape index (κ3) is 1.16. The Bertz CT molecular complexity index is 408. The van der Waals surface area contributed by atoms with Crippen LogP contribution in [0.2, 0.25) is 0 Å². The van der Waals surface area contributed by atoms with Gasteiger partial charge in [-0.2, -0.15) is 5.26 Å². The van der Waals surface area contributed by atoms with E-state index in [-0.39, 0.29) is 0 Å². The number of nitriles is 1. The molecule has 14 heavy (non-hydrogen) atoms. The number of benzene rings is 1. The fraction of sp³-hybridized carbons (Fsp3) is 0.364. The Kier molecular flexibility index (Phi) is 1.94. The van der Waals surface area contributed by atoms with E-state index in [0.29, 0.717) is 6.42 Å². The van der Waals surface area contributed by atoms with Gasteiger partial charge in [-0.25, -0.2) is 0 Å². The molecule has 2 N–H and O–H groups in total. The van der Waals surface area contributed by atoms with Crippen LogP contribution in [0.25, 0.3) is 0 Å². The molecule has 1 aromatic carbocycles. The molecule has 72 valence electrons. The molecule has 0 aromatic heterocycles. The highest BCUT2D eigenvalue weighted by Gasteiger charge is 2.35. The summed E-state index contributed by atoms with van der Waals surface area (Å²) in [6, 6.07) is 7.93. The highest BCUT2D eigenvalue weighted by Crippen LogP contribution is 2.36. The summed E-state index contributed by atoms with van der Waals surface area (Å²) in [5, 5.41) is 9.02. The summed E-state index contributed by atoms with van der Waals surface area (Å²) in [5.74, 6) is 0.760. The second-order valence-corrected chi connectivity index (χ2v) is 3.61. The minimum absolute atomic E-state index is 0.700. The Labute approximate surface area is 83.1 Å². The normalized spacial score (nSPS) is 24.1. The first-order chi connectivity index (χ1) is 6.69. The Balaban J connectivity index is 2.54. The molecule has 1 aliphatic rings. The van der Waals surface area contributed by atoms with E-state index in [1.165, 1.54) is 0 Å². The van der Waals surface area contributed by atoms with Gasteiger partial charge in [-0.3, -0.25) is 0 Å². The molecule has 3 nitrogen and oxygen atoms in total. The molecule has 0 aliphatic heterocycles. The number of ether oxygens (including phenoxy) is 1. The SMILES string of the molecule is COc1ccc2c(c1)C(N)(C#N)CC2. The molecular weight excluding hydrogens is 176 g/mol. The molecule has 0 bridgehead atoms. The zero-order valence-electron chi connectivity index (χ0n) is 8.08. The van der Waals surface area contributed by atoms with Gasteiger partial charge in [0.2, 0.25) is 0 Å². The summed E-state index contributed by atoms with van der Waals surface area (Å²) in [6.45, 7) is 0. The fourth-order valence-electron chi connectivity index (χ4n) is 1.90. The summed E-state index contributed by atoms with van der Waals surface area (Å²) in [4.78, 5) is 0. The number of fused-ring (bicyclic) bond motifs is 1. The Hall–Kier alpha value is -1.53. The highest BCUT2D eigenvalue weighted by atomic mass is 16.5. The molecule has 1 aromatic rings. The largest absolute Gasteiger partial charge is 0.497 e. The molecule has 1 unspecified atom stereocenters. The summed E-state index contributed by atoms with van der Waals surface area (Å²) < 4.78 is 5.11. The standard InChI is InChI=1S/C11H12N2O/c1-14-9-3-2-8-4-5-11(13,7-12)10(8)6-9/h2-3,6H,4-5,13H2,1H3. The maximum atomic E-state index is 9.02. The first kappa shape index (κ1) is 9.04. The number of rotatable bonds is 1. The van der Waals surface area contributed by atoms with Crippen molar-refractivity contribution in [3.05, 3.63) is 29.3 Å². The van der Waals surface area contributed by atoms with Gasteiger partial charge in [0.25, 0.3) is 0 Å². The molecule has 0 amide bonds. The molecule has 0 radical (unpaired) electrons. The van der Waals surface area contributed by atoms with Crippen molar-refractivity contribution >= 4 is 0 Å². The van der Waals surface area contributed by atoms with Crippen molar-refractivity contribution in [2.75, 3.05) is 7.11 Å². The van der Waals surface area contributed by atoms with Crippen LogP contribution >= 0.6 is 0 Å². The van der Waals surface area contributed by atoms with Crippen LogP contribution in [0.4, 0.5) is 0 Å². The smallest absolute Gasteiger partial charge is 0.130 e. The van der Waals surface area contributed by atoms with Crippen LogP contribution in [-0.4, -0.2) is 7.11 Å². The average molecular weight is 188 g/mol. The van der Waals surface area contributed by atoms with Crippen LogP contribution < -0.4 is 10.5 Å². The molecule has 0 saturated carbocycles. The number of nitrogens with two attached hydrogens (primary N) is 1. The Morgan fingerprint density at radius 1 is 1.57 bits per heavy atom. The first-order valence-corrected chi connectivity index (χ1v) is 4.57. The summed E-state index contributed by atoms with van der Waals surface area (Å²) >= 11 is 0. The van der Waals surface area contributed by atoms with Gasteiger partial charge in [0.15, 0.2) is 0 Å². The van der Waals surface area contributed by atoms with E-state index in [9.17, 15) is 0 Å².